The van der Waals surface area contributed by atoms with Crippen LogP contribution < -0.4 is 11.1 Å². The Balaban J connectivity index is 3.03. The fourth-order valence-electron chi connectivity index (χ4n) is 0.981. The lowest BCUT2D eigenvalue weighted by molar-refractivity contribution is -0.385. The second kappa shape index (κ2) is 4.34. The number of hydrogen-bond donors (Lipinski definition) is 2. The van der Waals surface area contributed by atoms with Gasteiger partial charge in [0.1, 0.15) is 5.82 Å². The molecule has 1 rings (SSSR count). The van der Waals surface area contributed by atoms with E-state index in [0.717, 1.165) is 12.1 Å². The van der Waals surface area contributed by atoms with Crippen LogP contribution in [0, 0.1) is 15.9 Å². The Hall–Kier alpha value is -2.51. The van der Waals surface area contributed by atoms with E-state index in [0.29, 0.717) is 6.07 Å². The average molecular weight is 227 g/mol. The van der Waals surface area contributed by atoms with Crippen molar-refractivity contribution in [2.24, 2.45) is 5.73 Å². The van der Waals surface area contributed by atoms with E-state index >= 15 is 0 Å². The maximum absolute atomic E-state index is 13.2. The molecule has 7 nitrogen and oxygen atoms in total. The molecule has 0 radical (unpaired) electrons. The number of urea groups is 1. The van der Waals surface area contributed by atoms with Crippen LogP contribution in [0.5, 0.6) is 0 Å². The van der Waals surface area contributed by atoms with Gasteiger partial charge in [-0.15, -0.1) is 0 Å². The summed E-state index contributed by atoms with van der Waals surface area (Å²) in [6.45, 7) is 0. The zero-order chi connectivity index (χ0) is 12.3. The number of primary amides is 1. The van der Waals surface area contributed by atoms with Crippen molar-refractivity contribution in [1.29, 1.82) is 0 Å². The van der Waals surface area contributed by atoms with Crippen LogP contribution in [0.1, 0.15) is 10.4 Å². The number of amides is 3. The lowest BCUT2D eigenvalue weighted by Crippen LogP contribution is -2.35. The molecule has 0 spiro atoms. The Morgan fingerprint density at radius 2 is 2.06 bits per heavy atom. The highest BCUT2D eigenvalue weighted by atomic mass is 19.1. The molecule has 0 aliphatic carbocycles. The van der Waals surface area contributed by atoms with Gasteiger partial charge in [-0.3, -0.25) is 20.2 Å². The molecule has 3 amide bonds. The third-order valence-electron chi connectivity index (χ3n) is 1.64. The smallest absolute Gasteiger partial charge is 0.319 e. The monoisotopic (exact) mass is 227 g/mol. The van der Waals surface area contributed by atoms with Gasteiger partial charge < -0.3 is 5.73 Å². The van der Waals surface area contributed by atoms with E-state index in [9.17, 15) is 24.1 Å². The van der Waals surface area contributed by atoms with Gasteiger partial charge in [0.2, 0.25) is 0 Å². The minimum atomic E-state index is -1.14. The maximum Gasteiger partial charge on any atom is 0.319 e. The summed E-state index contributed by atoms with van der Waals surface area (Å²) in [5.41, 5.74) is 3.67. The van der Waals surface area contributed by atoms with E-state index < -0.39 is 33.9 Å². The number of hydrogen-bond acceptors (Lipinski definition) is 4. The van der Waals surface area contributed by atoms with E-state index in [1.54, 1.807) is 5.32 Å². The zero-order valence-electron chi connectivity index (χ0n) is 7.77. The fraction of sp³-hybridized carbons (Fsp3) is 0. The number of imide groups is 1. The Morgan fingerprint density at radius 1 is 1.44 bits per heavy atom. The Labute approximate surface area is 88.2 Å². The number of nitrogens with two attached hydrogens (primary N) is 1. The van der Waals surface area contributed by atoms with Crippen molar-refractivity contribution in [1.82, 2.24) is 5.32 Å². The Bertz CT molecular complexity index is 474. The lowest BCUT2D eigenvalue weighted by atomic mass is 10.2. The minimum Gasteiger partial charge on any atom is -0.351 e. The molecule has 16 heavy (non-hydrogen) atoms. The summed E-state index contributed by atoms with van der Waals surface area (Å²) in [4.78, 5) is 30.9. The summed E-state index contributed by atoms with van der Waals surface area (Å²) in [5.74, 6) is -2.16. The summed E-state index contributed by atoms with van der Waals surface area (Å²) in [6, 6.07) is 1.28. The number of halogens is 1. The molecule has 84 valence electrons. The summed E-state index contributed by atoms with van der Waals surface area (Å²) < 4.78 is 13.2. The normalized spacial score (nSPS) is 9.56. The summed E-state index contributed by atoms with van der Waals surface area (Å²) >= 11 is 0. The number of carbonyl (C=O) groups excluding carboxylic acids is 2. The van der Waals surface area contributed by atoms with E-state index in [4.69, 9.17) is 0 Å². The summed E-state index contributed by atoms with van der Waals surface area (Å²) in [7, 11) is 0. The molecular weight excluding hydrogens is 221 g/mol. The number of nitrogens with zero attached hydrogens (tertiary/aromatic N) is 1. The Morgan fingerprint density at radius 3 is 2.50 bits per heavy atom. The molecule has 0 aliphatic rings. The van der Waals surface area contributed by atoms with Gasteiger partial charge in [0.05, 0.1) is 16.6 Å². The highest BCUT2D eigenvalue weighted by Crippen LogP contribution is 2.16. The summed E-state index contributed by atoms with van der Waals surface area (Å²) in [6.07, 6.45) is 0. The van der Waals surface area contributed by atoms with Crippen LogP contribution >= 0.6 is 0 Å². The highest BCUT2D eigenvalue weighted by Gasteiger charge is 2.16. The van der Waals surface area contributed by atoms with Crippen molar-refractivity contribution in [3.63, 3.8) is 0 Å². The number of carbonyl (C=O) groups is 2. The van der Waals surface area contributed by atoms with Gasteiger partial charge in [0.15, 0.2) is 0 Å². The molecule has 0 unspecified atom stereocenters. The lowest BCUT2D eigenvalue weighted by Gasteiger charge is -2.01. The molecular formula is C8H6FN3O4. The Kier molecular flexibility index (Phi) is 3.14. The molecule has 0 aliphatic heterocycles. The number of rotatable bonds is 2. The molecule has 0 heterocycles. The van der Waals surface area contributed by atoms with Crippen molar-refractivity contribution >= 4 is 17.6 Å². The standard InChI is InChI=1S/C8H6FN3O4/c9-6-3-4(12(15)16)1-2-5(6)7(13)11-8(10)14/h1-3H,(H3,10,11,13,14). The van der Waals surface area contributed by atoms with E-state index in [1.165, 1.54) is 0 Å². The summed E-state index contributed by atoms with van der Waals surface area (Å²) in [5, 5.41) is 11.9. The van der Waals surface area contributed by atoms with Crippen LogP contribution in [-0.2, 0) is 0 Å². The molecule has 8 heteroatoms. The zero-order valence-corrected chi connectivity index (χ0v) is 7.77. The van der Waals surface area contributed by atoms with Gasteiger partial charge in [-0.1, -0.05) is 0 Å². The molecule has 0 aromatic heterocycles. The number of nitrogens with one attached hydrogen (secondary N) is 1. The van der Waals surface area contributed by atoms with Crippen LogP contribution in [0.3, 0.4) is 0 Å². The third-order valence-corrected chi connectivity index (χ3v) is 1.64. The van der Waals surface area contributed by atoms with Gasteiger partial charge in [-0.25, -0.2) is 9.18 Å². The first-order chi connectivity index (χ1) is 7.41. The number of non-ortho nitro benzene ring substituents is 1. The van der Waals surface area contributed by atoms with Crippen molar-refractivity contribution in [3.05, 3.63) is 39.7 Å². The van der Waals surface area contributed by atoms with E-state index in [1.807, 2.05) is 0 Å². The molecule has 1 aromatic rings. The first-order valence-electron chi connectivity index (χ1n) is 3.96. The van der Waals surface area contributed by atoms with Crippen LogP contribution in [-0.4, -0.2) is 16.9 Å². The number of nitro groups is 1. The fourth-order valence-corrected chi connectivity index (χ4v) is 0.981. The average Bonchev–Trinajstić information content (AvgIpc) is 2.15. The molecule has 3 N–H and O–H groups in total. The molecule has 0 atom stereocenters. The van der Waals surface area contributed by atoms with Gasteiger partial charge in [-0.05, 0) is 6.07 Å². The first kappa shape index (κ1) is 11.6. The van der Waals surface area contributed by atoms with E-state index in [2.05, 4.69) is 5.73 Å². The van der Waals surface area contributed by atoms with Gasteiger partial charge in [0, 0.05) is 6.07 Å². The molecule has 1 aromatic carbocycles. The predicted molar refractivity (Wildman–Crippen MR) is 50.1 cm³/mol. The van der Waals surface area contributed by atoms with Gasteiger partial charge in [0.25, 0.3) is 11.6 Å². The third kappa shape index (κ3) is 2.50. The SMILES string of the molecule is NC(=O)NC(=O)c1ccc([N+](=O)[O-])cc1F. The van der Waals surface area contributed by atoms with Gasteiger partial charge >= 0.3 is 6.03 Å². The number of benzene rings is 1. The van der Waals surface area contributed by atoms with Crippen LogP contribution in [0.2, 0.25) is 0 Å². The molecule has 0 saturated heterocycles. The predicted octanol–water partition coefficient (Wildman–Crippen LogP) is 0.542. The highest BCUT2D eigenvalue weighted by molar-refractivity contribution is 6.04. The van der Waals surface area contributed by atoms with Crippen molar-refractivity contribution in [2.45, 2.75) is 0 Å². The second-order valence-electron chi connectivity index (χ2n) is 2.74. The second-order valence-corrected chi connectivity index (χ2v) is 2.74. The quantitative estimate of drug-likeness (QED) is 0.566. The molecule has 0 saturated carbocycles. The van der Waals surface area contributed by atoms with Crippen LogP contribution in [0.4, 0.5) is 14.9 Å². The first-order valence-corrected chi connectivity index (χ1v) is 3.96. The largest absolute Gasteiger partial charge is 0.351 e. The van der Waals surface area contributed by atoms with E-state index in [-0.39, 0.29) is 0 Å². The van der Waals surface area contributed by atoms with Crippen LogP contribution in [0.25, 0.3) is 0 Å². The maximum atomic E-state index is 13.2. The number of nitro benzene ring substituents is 1. The van der Waals surface area contributed by atoms with Crippen molar-refractivity contribution < 1.29 is 18.9 Å². The molecule has 0 bridgehead atoms. The van der Waals surface area contributed by atoms with Gasteiger partial charge in [-0.2, -0.15) is 0 Å². The molecule has 0 fully saturated rings. The van der Waals surface area contributed by atoms with Crippen molar-refractivity contribution in [2.75, 3.05) is 0 Å². The van der Waals surface area contributed by atoms with Crippen molar-refractivity contribution in [3.8, 4) is 0 Å². The minimum absolute atomic E-state index is 0.492. The van der Waals surface area contributed by atoms with Crippen LogP contribution in [0.15, 0.2) is 18.2 Å². The topological polar surface area (TPSA) is 115 Å².